The number of amides is 1. The van der Waals surface area contributed by atoms with E-state index in [0.717, 1.165) is 24.4 Å². The minimum absolute atomic E-state index is 0. The summed E-state index contributed by atoms with van der Waals surface area (Å²) in [6, 6.07) is 2.86. The Kier molecular flexibility index (Phi) is 5.69. The molecule has 2 unspecified atom stereocenters. The molecule has 1 saturated heterocycles. The van der Waals surface area contributed by atoms with E-state index in [0.29, 0.717) is 12.1 Å². The number of carbonyl (C=O) groups excluding carboxylic acids is 1. The number of nitrogens with zero attached hydrogens (tertiary/aromatic N) is 1. The number of rotatable bonds is 1. The maximum absolute atomic E-state index is 12.8. The Hall–Kier alpha value is -0.580. The number of halogens is 1. The summed E-state index contributed by atoms with van der Waals surface area (Å²) in [5.74, 6) is 0.240. The van der Waals surface area contributed by atoms with Gasteiger partial charge in [0, 0.05) is 30.1 Å². The van der Waals surface area contributed by atoms with Gasteiger partial charge in [-0.25, -0.2) is 0 Å². The van der Waals surface area contributed by atoms with Crippen molar-refractivity contribution >= 4 is 29.7 Å². The van der Waals surface area contributed by atoms with Crippen molar-refractivity contribution in [3.8, 4) is 0 Å². The maximum atomic E-state index is 12.8. The summed E-state index contributed by atoms with van der Waals surface area (Å²) in [6.45, 7) is 6.01. The quantitative estimate of drug-likeness (QED) is 0.802. The normalized spacial score (nSPS) is 25.7. The van der Waals surface area contributed by atoms with Gasteiger partial charge in [-0.15, -0.1) is 23.7 Å². The van der Waals surface area contributed by atoms with E-state index in [9.17, 15) is 4.79 Å². The van der Waals surface area contributed by atoms with Crippen molar-refractivity contribution in [3.63, 3.8) is 0 Å². The molecule has 21 heavy (non-hydrogen) atoms. The Morgan fingerprint density at radius 3 is 2.86 bits per heavy atom. The molecule has 1 amide bonds. The van der Waals surface area contributed by atoms with E-state index in [1.807, 2.05) is 4.90 Å². The molecule has 1 aliphatic heterocycles. The van der Waals surface area contributed by atoms with Crippen LogP contribution < -0.4 is 5.32 Å². The van der Waals surface area contributed by atoms with Gasteiger partial charge in [0.25, 0.3) is 5.91 Å². The van der Waals surface area contributed by atoms with E-state index in [1.165, 1.54) is 36.1 Å². The van der Waals surface area contributed by atoms with E-state index in [1.54, 1.807) is 11.3 Å². The topological polar surface area (TPSA) is 32.3 Å². The van der Waals surface area contributed by atoms with Gasteiger partial charge in [-0.3, -0.25) is 4.79 Å². The Labute approximate surface area is 137 Å². The van der Waals surface area contributed by atoms with E-state index in [4.69, 9.17) is 0 Å². The zero-order valence-electron chi connectivity index (χ0n) is 12.9. The molecule has 1 aromatic heterocycles. The first-order chi connectivity index (χ1) is 9.65. The molecule has 2 atom stereocenters. The molecule has 0 spiro atoms. The van der Waals surface area contributed by atoms with Crippen LogP contribution >= 0.6 is 23.7 Å². The molecule has 1 aliphatic carbocycles. The van der Waals surface area contributed by atoms with Gasteiger partial charge in [-0.2, -0.15) is 0 Å². The van der Waals surface area contributed by atoms with Crippen LogP contribution in [0.5, 0.6) is 0 Å². The van der Waals surface area contributed by atoms with Crippen molar-refractivity contribution in [3.05, 3.63) is 21.4 Å². The van der Waals surface area contributed by atoms with Crippen LogP contribution in [0.4, 0.5) is 0 Å². The van der Waals surface area contributed by atoms with Crippen LogP contribution in [-0.2, 0) is 12.8 Å². The first kappa shape index (κ1) is 16.8. The molecule has 0 bridgehead atoms. The van der Waals surface area contributed by atoms with Gasteiger partial charge < -0.3 is 10.2 Å². The number of piperazine rings is 1. The highest BCUT2D eigenvalue weighted by molar-refractivity contribution is 7.14. The molecule has 3 rings (SSSR count). The number of fused-ring (bicyclic) bond motifs is 1. The van der Waals surface area contributed by atoms with Crippen molar-refractivity contribution in [2.24, 2.45) is 0 Å². The standard InChI is InChI=1S/C16H24N2OS.ClH/c1-11-10-18(12(2)9-17-11)16(19)15-8-13-6-4-3-5-7-14(13)20-15;/h8,11-12,17H,3-7,9-10H2,1-2H3;1H. The van der Waals surface area contributed by atoms with Crippen molar-refractivity contribution in [1.29, 1.82) is 0 Å². The van der Waals surface area contributed by atoms with Crippen LogP contribution in [0.25, 0.3) is 0 Å². The number of carbonyl (C=O) groups is 1. The molecule has 0 aromatic carbocycles. The first-order valence-electron chi connectivity index (χ1n) is 7.81. The Balaban J connectivity index is 0.00000161. The van der Waals surface area contributed by atoms with Gasteiger partial charge in [-0.05, 0) is 51.2 Å². The van der Waals surface area contributed by atoms with Gasteiger partial charge in [0.05, 0.1) is 4.88 Å². The summed E-state index contributed by atoms with van der Waals surface area (Å²) in [7, 11) is 0. The van der Waals surface area contributed by atoms with Crippen LogP contribution in [-0.4, -0.2) is 36.0 Å². The molecule has 118 valence electrons. The molecule has 1 fully saturated rings. The average molecular weight is 329 g/mol. The van der Waals surface area contributed by atoms with Crippen molar-refractivity contribution in [2.45, 2.75) is 58.0 Å². The Morgan fingerprint density at radius 2 is 2.05 bits per heavy atom. The molecule has 3 nitrogen and oxygen atoms in total. The van der Waals surface area contributed by atoms with E-state index in [2.05, 4.69) is 25.2 Å². The SMILES string of the molecule is CC1CN(C(=O)c2cc3c(s2)CCCCC3)C(C)CN1.Cl. The van der Waals surface area contributed by atoms with E-state index < -0.39 is 0 Å². The minimum atomic E-state index is 0. The second-order valence-electron chi connectivity index (χ2n) is 6.24. The minimum Gasteiger partial charge on any atom is -0.332 e. The summed E-state index contributed by atoms with van der Waals surface area (Å²) in [4.78, 5) is 17.2. The number of hydrogen-bond acceptors (Lipinski definition) is 3. The van der Waals surface area contributed by atoms with Crippen LogP contribution in [0.1, 0.15) is 53.2 Å². The summed E-state index contributed by atoms with van der Waals surface area (Å²) < 4.78 is 0. The highest BCUT2D eigenvalue weighted by atomic mass is 35.5. The second kappa shape index (κ2) is 7.12. The third-order valence-electron chi connectivity index (χ3n) is 4.48. The number of thiophene rings is 1. The largest absolute Gasteiger partial charge is 0.332 e. The number of nitrogens with one attached hydrogen (secondary N) is 1. The fourth-order valence-corrected chi connectivity index (χ4v) is 4.43. The third kappa shape index (κ3) is 3.61. The van der Waals surface area contributed by atoms with Crippen LogP contribution in [0.2, 0.25) is 0 Å². The lowest BCUT2D eigenvalue weighted by atomic mass is 10.1. The van der Waals surface area contributed by atoms with Gasteiger partial charge in [-0.1, -0.05) is 6.42 Å². The predicted octanol–water partition coefficient (Wildman–Crippen LogP) is 3.26. The molecule has 0 radical (unpaired) electrons. The lowest BCUT2D eigenvalue weighted by Gasteiger charge is -2.37. The predicted molar refractivity (Wildman–Crippen MR) is 90.8 cm³/mol. The maximum Gasteiger partial charge on any atom is 0.264 e. The fourth-order valence-electron chi connectivity index (χ4n) is 3.22. The molecular formula is C16H25ClN2OS. The molecule has 2 aliphatic rings. The molecule has 0 saturated carbocycles. The Bertz CT molecular complexity index is 479. The van der Waals surface area contributed by atoms with Gasteiger partial charge >= 0.3 is 0 Å². The van der Waals surface area contributed by atoms with Crippen molar-refractivity contribution < 1.29 is 4.79 Å². The van der Waals surface area contributed by atoms with Crippen LogP contribution in [0.3, 0.4) is 0 Å². The van der Waals surface area contributed by atoms with Crippen molar-refractivity contribution in [2.75, 3.05) is 13.1 Å². The van der Waals surface area contributed by atoms with E-state index >= 15 is 0 Å². The Morgan fingerprint density at radius 1 is 1.29 bits per heavy atom. The number of hydrogen-bond donors (Lipinski definition) is 1. The molecule has 1 N–H and O–H groups in total. The summed E-state index contributed by atoms with van der Waals surface area (Å²) in [6.07, 6.45) is 6.21. The van der Waals surface area contributed by atoms with Gasteiger partial charge in [0.2, 0.25) is 0 Å². The second-order valence-corrected chi connectivity index (χ2v) is 7.37. The first-order valence-corrected chi connectivity index (χ1v) is 8.62. The molecule has 2 heterocycles. The average Bonchev–Trinajstić information content (AvgIpc) is 2.72. The smallest absolute Gasteiger partial charge is 0.264 e. The lowest BCUT2D eigenvalue weighted by Crippen LogP contribution is -2.56. The van der Waals surface area contributed by atoms with Crippen LogP contribution in [0, 0.1) is 0 Å². The zero-order valence-corrected chi connectivity index (χ0v) is 14.5. The van der Waals surface area contributed by atoms with E-state index in [-0.39, 0.29) is 18.3 Å². The van der Waals surface area contributed by atoms with Gasteiger partial charge in [0.15, 0.2) is 0 Å². The third-order valence-corrected chi connectivity index (χ3v) is 5.71. The lowest BCUT2D eigenvalue weighted by molar-refractivity contribution is 0.0621. The summed E-state index contributed by atoms with van der Waals surface area (Å²) in [5.41, 5.74) is 1.44. The molecular weight excluding hydrogens is 304 g/mol. The monoisotopic (exact) mass is 328 g/mol. The highest BCUT2D eigenvalue weighted by Crippen LogP contribution is 2.30. The molecule has 5 heteroatoms. The summed E-state index contributed by atoms with van der Waals surface area (Å²) >= 11 is 1.74. The summed E-state index contributed by atoms with van der Waals surface area (Å²) in [5, 5.41) is 3.43. The number of aryl methyl sites for hydroxylation is 2. The zero-order chi connectivity index (χ0) is 14.1. The highest BCUT2D eigenvalue weighted by Gasteiger charge is 2.29. The van der Waals surface area contributed by atoms with Crippen LogP contribution in [0.15, 0.2) is 6.07 Å². The van der Waals surface area contributed by atoms with Gasteiger partial charge in [0.1, 0.15) is 0 Å². The van der Waals surface area contributed by atoms with Crippen molar-refractivity contribution in [1.82, 2.24) is 10.2 Å². The molecule has 1 aromatic rings. The fraction of sp³-hybridized carbons (Fsp3) is 0.688.